The highest BCUT2D eigenvalue weighted by Gasteiger charge is 2.70. The second kappa shape index (κ2) is 8.48. The second-order valence-corrected chi connectivity index (χ2v) is 9.90. The summed E-state index contributed by atoms with van der Waals surface area (Å²) in [5.41, 5.74) is -0.575. The zero-order valence-electron chi connectivity index (χ0n) is 17.5. The number of hydrogen-bond acceptors (Lipinski definition) is 7. The number of ether oxygens (including phenoxy) is 2. The molecule has 3 unspecified atom stereocenters. The van der Waals surface area contributed by atoms with Gasteiger partial charge in [0, 0.05) is 6.54 Å². The summed E-state index contributed by atoms with van der Waals surface area (Å²) in [7, 11) is 2.01. The first-order valence-corrected chi connectivity index (χ1v) is 12.1. The number of likely N-dealkylation sites (tertiary alicyclic amines) is 1. The molecule has 3 heterocycles. The average Bonchev–Trinajstić information content (AvgIpc) is 3.04. The van der Waals surface area contributed by atoms with Gasteiger partial charge in [-0.1, -0.05) is 25.5 Å². The van der Waals surface area contributed by atoms with Crippen molar-refractivity contribution in [2.45, 2.75) is 80.6 Å². The van der Waals surface area contributed by atoms with Crippen LogP contribution in [-0.4, -0.2) is 82.5 Å². The molecule has 29 heavy (non-hydrogen) atoms. The first kappa shape index (κ1) is 21.6. The van der Waals surface area contributed by atoms with Crippen LogP contribution in [0.3, 0.4) is 0 Å². The number of nitrogens with zero attached hydrogens (tertiary/aromatic N) is 1. The summed E-state index contributed by atoms with van der Waals surface area (Å²) in [4.78, 5) is 15.4. The van der Waals surface area contributed by atoms with E-state index < -0.39 is 29.5 Å². The summed E-state index contributed by atoms with van der Waals surface area (Å²) in [6, 6.07) is -0.496. The van der Waals surface area contributed by atoms with Crippen LogP contribution in [0.4, 0.5) is 0 Å². The van der Waals surface area contributed by atoms with Crippen LogP contribution in [-0.2, 0) is 14.3 Å². The highest BCUT2D eigenvalue weighted by Crippen LogP contribution is 2.50. The second-order valence-electron chi connectivity index (χ2n) is 9.00. The van der Waals surface area contributed by atoms with E-state index in [-0.39, 0.29) is 23.9 Å². The highest BCUT2D eigenvalue weighted by atomic mass is 32.2. The molecule has 0 saturated carbocycles. The molecule has 0 aromatic rings. The Kier molecular flexibility index (Phi) is 6.31. The van der Waals surface area contributed by atoms with Crippen LogP contribution in [0.1, 0.15) is 39.0 Å². The quantitative estimate of drug-likeness (QED) is 0.414. The molecule has 3 aliphatic heterocycles. The lowest BCUT2D eigenvalue weighted by molar-refractivity contribution is -0.154. The van der Waals surface area contributed by atoms with Gasteiger partial charge in [-0.3, -0.25) is 9.69 Å². The zero-order chi connectivity index (χ0) is 20.8. The van der Waals surface area contributed by atoms with Crippen molar-refractivity contribution in [3.8, 4) is 0 Å². The molecule has 0 spiro atoms. The largest absolute Gasteiger partial charge is 0.387 e. The molecule has 164 valence electrons. The molecule has 9 atom stereocenters. The van der Waals surface area contributed by atoms with E-state index in [4.69, 9.17) is 9.47 Å². The number of amides is 1. The van der Waals surface area contributed by atoms with Crippen LogP contribution in [0.5, 0.6) is 0 Å². The topological polar surface area (TPSA) is 94.6 Å². The van der Waals surface area contributed by atoms with Crippen LogP contribution in [0, 0.1) is 11.8 Å². The lowest BCUT2D eigenvalue weighted by Gasteiger charge is -2.40. The van der Waals surface area contributed by atoms with Gasteiger partial charge >= 0.3 is 0 Å². The van der Waals surface area contributed by atoms with Gasteiger partial charge in [0.1, 0.15) is 18.3 Å². The minimum Gasteiger partial charge on any atom is -0.387 e. The Morgan fingerprint density at radius 3 is 2.93 bits per heavy atom. The van der Waals surface area contributed by atoms with Crippen molar-refractivity contribution in [2.24, 2.45) is 11.8 Å². The van der Waals surface area contributed by atoms with Crippen molar-refractivity contribution in [3.63, 3.8) is 0 Å². The lowest BCUT2D eigenvalue weighted by Crippen LogP contribution is -2.61. The van der Waals surface area contributed by atoms with Crippen molar-refractivity contribution in [3.05, 3.63) is 12.2 Å². The fraction of sp³-hybridized carbons (Fsp3) is 0.857. The summed E-state index contributed by atoms with van der Waals surface area (Å²) in [5, 5.41) is 24.5. The van der Waals surface area contributed by atoms with E-state index in [1.54, 1.807) is 0 Å². The van der Waals surface area contributed by atoms with E-state index in [2.05, 4.69) is 29.3 Å². The van der Waals surface area contributed by atoms with Crippen LogP contribution in [0.2, 0.25) is 0 Å². The fourth-order valence-electron chi connectivity index (χ4n) is 5.37. The van der Waals surface area contributed by atoms with Gasteiger partial charge in [-0.25, -0.2) is 0 Å². The summed E-state index contributed by atoms with van der Waals surface area (Å²) < 4.78 is 11.5. The third-order valence-electron chi connectivity index (χ3n) is 6.95. The Labute approximate surface area is 177 Å². The van der Waals surface area contributed by atoms with E-state index in [0.717, 1.165) is 38.6 Å². The number of aliphatic hydroxyl groups is 2. The van der Waals surface area contributed by atoms with Crippen molar-refractivity contribution in [1.82, 2.24) is 10.2 Å². The predicted molar refractivity (Wildman–Crippen MR) is 111 cm³/mol. The maximum atomic E-state index is 13.2. The van der Waals surface area contributed by atoms with E-state index in [1.807, 2.05) is 13.3 Å². The monoisotopic (exact) mass is 426 g/mol. The Hall–Kier alpha value is -0.640. The molecule has 0 radical (unpaired) electrons. The molecule has 0 bridgehead atoms. The lowest BCUT2D eigenvalue weighted by atomic mass is 9.87. The Morgan fingerprint density at radius 1 is 1.48 bits per heavy atom. The third kappa shape index (κ3) is 4.00. The van der Waals surface area contributed by atoms with E-state index >= 15 is 0 Å². The van der Waals surface area contributed by atoms with E-state index in [9.17, 15) is 15.0 Å². The fourth-order valence-corrected chi connectivity index (χ4v) is 6.13. The summed E-state index contributed by atoms with van der Waals surface area (Å²) in [6.07, 6.45) is 8.84. The number of fused-ring (bicyclic) bond motifs is 1. The molecule has 4 aliphatic rings. The molecule has 3 saturated heterocycles. The summed E-state index contributed by atoms with van der Waals surface area (Å²) in [5.74, 6) is -0.762. The first-order chi connectivity index (χ1) is 13.9. The van der Waals surface area contributed by atoms with Crippen LogP contribution in [0.25, 0.3) is 0 Å². The standard InChI is InChI=1S/C21H34N2O5S/c1-4-7-12-10-14(23(2)11-12)19(25)22-15(13-8-5-6-9-13)17-16(24)18-21(26,28-18)20(27-17)29-3/h5,8,12-18,20,24,26H,4,6-7,9-11H2,1-3H3,(H,22,25)/t12-,13+,14+,15-,16?,17-,18?,20?,21+/m1/s1. The minimum absolute atomic E-state index is 0.00505. The van der Waals surface area contributed by atoms with E-state index in [1.165, 1.54) is 11.8 Å². The number of carbonyl (C=O) groups is 1. The van der Waals surface area contributed by atoms with Gasteiger partial charge in [0.15, 0.2) is 5.44 Å². The Balaban J connectivity index is 1.49. The average molecular weight is 427 g/mol. The molecule has 7 nitrogen and oxygen atoms in total. The molecular formula is C21H34N2O5S. The molecule has 1 amide bonds. The van der Waals surface area contributed by atoms with Gasteiger partial charge in [0.05, 0.1) is 12.1 Å². The molecule has 1 aliphatic carbocycles. The molecule has 3 N–H and O–H groups in total. The van der Waals surface area contributed by atoms with Gasteiger partial charge in [0.25, 0.3) is 0 Å². The Bertz CT molecular complexity index is 649. The van der Waals surface area contributed by atoms with Crippen LogP contribution >= 0.6 is 11.8 Å². The number of epoxide rings is 1. The predicted octanol–water partition coefficient (Wildman–Crippen LogP) is 1.09. The molecule has 0 aromatic heterocycles. The molecule has 3 fully saturated rings. The van der Waals surface area contributed by atoms with E-state index in [0.29, 0.717) is 5.92 Å². The van der Waals surface area contributed by atoms with Crippen molar-refractivity contribution >= 4 is 17.7 Å². The maximum absolute atomic E-state index is 13.2. The van der Waals surface area contributed by atoms with Gasteiger partial charge in [-0.2, -0.15) is 0 Å². The number of hydrogen-bond donors (Lipinski definition) is 3. The number of carbonyl (C=O) groups excluding carboxylic acids is 1. The van der Waals surface area contributed by atoms with Gasteiger partial charge in [0.2, 0.25) is 11.7 Å². The zero-order valence-corrected chi connectivity index (χ0v) is 18.3. The maximum Gasteiger partial charge on any atom is 0.237 e. The van der Waals surface area contributed by atoms with Gasteiger partial charge in [-0.15, -0.1) is 11.8 Å². The number of rotatable bonds is 7. The normalized spacial score (nSPS) is 45.2. The van der Waals surface area contributed by atoms with Crippen molar-refractivity contribution in [2.75, 3.05) is 19.8 Å². The highest BCUT2D eigenvalue weighted by molar-refractivity contribution is 7.99. The number of nitrogens with one attached hydrogen (secondary N) is 1. The van der Waals surface area contributed by atoms with Crippen molar-refractivity contribution < 1.29 is 24.5 Å². The number of aliphatic hydroxyl groups excluding tert-OH is 1. The molecule has 4 rings (SSSR count). The van der Waals surface area contributed by atoms with Crippen LogP contribution < -0.4 is 5.32 Å². The molecule has 0 aromatic carbocycles. The summed E-state index contributed by atoms with van der Waals surface area (Å²) in [6.45, 7) is 3.13. The first-order valence-electron chi connectivity index (χ1n) is 10.8. The van der Waals surface area contributed by atoms with Gasteiger partial charge in [-0.05, 0) is 50.8 Å². The minimum atomic E-state index is -1.42. The number of likely N-dealkylation sites (N-methyl/N-ethyl adjacent to an activating group) is 1. The Morgan fingerprint density at radius 2 is 2.28 bits per heavy atom. The molecule has 8 heteroatoms. The van der Waals surface area contributed by atoms with Crippen molar-refractivity contribution in [1.29, 1.82) is 0 Å². The third-order valence-corrected chi connectivity index (χ3v) is 7.83. The number of thioether (sulfide) groups is 1. The van der Waals surface area contributed by atoms with Crippen LogP contribution in [0.15, 0.2) is 12.2 Å². The number of allylic oxidation sites excluding steroid dienone is 1. The summed E-state index contributed by atoms with van der Waals surface area (Å²) >= 11 is 1.36. The van der Waals surface area contributed by atoms with Gasteiger partial charge < -0.3 is 25.0 Å². The SMILES string of the molecule is CCC[C@@H]1C[C@@H](C(=O)N[C@H]([C@H]2C=CCC2)[C@H]2OC(SC)[C@@]3(O)OC3C2O)N(C)C1. The smallest absolute Gasteiger partial charge is 0.237 e. The molecular weight excluding hydrogens is 392 g/mol.